The predicted molar refractivity (Wildman–Crippen MR) is 128 cm³/mol. The third-order valence-corrected chi connectivity index (χ3v) is 5.34. The Balaban J connectivity index is 0.00000272. The second-order valence-corrected chi connectivity index (χ2v) is 7.50. The van der Waals surface area contributed by atoms with Crippen LogP contribution in [0.2, 0.25) is 0 Å². The molecule has 31 heavy (non-hydrogen) atoms. The van der Waals surface area contributed by atoms with E-state index in [2.05, 4.69) is 50.6 Å². The lowest BCUT2D eigenvalue weighted by Gasteiger charge is -2.30. The van der Waals surface area contributed by atoms with Gasteiger partial charge >= 0.3 is 0 Å². The number of unbranched alkanes of at least 4 members (excludes halogenated alkanes) is 1. The van der Waals surface area contributed by atoms with Crippen LogP contribution in [0.4, 0.5) is 17.5 Å². The third kappa shape index (κ3) is 5.29. The molecule has 0 unspecified atom stereocenters. The molecule has 3 heterocycles. The lowest BCUT2D eigenvalue weighted by atomic mass is 10.1. The summed E-state index contributed by atoms with van der Waals surface area (Å²) in [6.07, 6.45) is 4.07. The van der Waals surface area contributed by atoms with Crippen molar-refractivity contribution in [2.75, 3.05) is 55.8 Å². The largest absolute Gasteiger partial charge is 0.496 e. The van der Waals surface area contributed by atoms with E-state index in [-0.39, 0.29) is 18.4 Å². The number of aromatic nitrogens is 4. The Morgan fingerprint density at radius 3 is 2.77 bits per heavy atom. The van der Waals surface area contributed by atoms with Crippen molar-refractivity contribution in [1.82, 2.24) is 25.1 Å². The minimum atomic E-state index is 0. The molecule has 0 aliphatic carbocycles. The minimum absolute atomic E-state index is 0. The average Bonchev–Trinajstić information content (AvgIpc) is 3.17. The number of methoxy groups -OCH3 is 1. The number of nitrogens with zero attached hydrogens (tertiary/aromatic N) is 5. The van der Waals surface area contributed by atoms with E-state index < -0.39 is 0 Å². The molecule has 2 aromatic heterocycles. The third-order valence-electron chi connectivity index (χ3n) is 5.34. The van der Waals surface area contributed by atoms with Gasteiger partial charge in [-0.2, -0.15) is 10.1 Å². The molecule has 3 aromatic rings. The van der Waals surface area contributed by atoms with Gasteiger partial charge in [-0.25, -0.2) is 4.98 Å². The number of rotatable bonds is 8. The van der Waals surface area contributed by atoms with E-state index in [1.807, 2.05) is 10.9 Å². The quantitative estimate of drug-likeness (QED) is 0.453. The van der Waals surface area contributed by atoms with Gasteiger partial charge in [0.05, 0.1) is 19.9 Å². The predicted octanol–water partition coefficient (Wildman–Crippen LogP) is 2.51. The van der Waals surface area contributed by atoms with Crippen LogP contribution < -0.4 is 26.0 Å². The number of hydrogen-bond donors (Lipinski definition) is 3. The maximum atomic E-state index is 5.90. The van der Waals surface area contributed by atoms with Crippen LogP contribution in [0, 0.1) is 0 Å². The number of anilines is 3. The Kier molecular flexibility index (Phi) is 7.75. The highest BCUT2D eigenvalue weighted by molar-refractivity contribution is 5.86. The molecule has 0 atom stereocenters. The van der Waals surface area contributed by atoms with Crippen molar-refractivity contribution >= 4 is 40.9 Å². The SMILES string of the molecule is CCCCNc1nc(N)nc2cn(Cc3ccc(N4CCNCC4)cc3OC)nc12.Cl. The van der Waals surface area contributed by atoms with E-state index in [9.17, 15) is 0 Å². The zero-order valence-corrected chi connectivity index (χ0v) is 18.9. The number of nitrogens with one attached hydrogen (secondary N) is 2. The van der Waals surface area contributed by atoms with Crippen LogP contribution in [0.1, 0.15) is 25.3 Å². The molecule has 4 N–H and O–H groups in total. The van der Waals surface area contributed by atoms with Crippen LogP contribution in [0.15, 0.2) is 24.4 Å². The highest BCUT2D eigenvalue weighted by Gasteiger charge is 2.15. The van der Waals surface area contributed by atoms with Crippen molar-refractivity contribution in [3.63, 3.8) is 0 Å². The molecule has 1 fully saturated rings. The molecular weight excluding hydrogens is 416 g/mol. The Labute approximate surface area is 188 Å². The number of nitrogens with two attached hydrogens (primary N) is 1. The van der Waals surface area contributed by atoms with E-state index in [1.165, 1.54) is 5.69 Å². The molecule has 1 aliphatic rings. The maximum absolute atomic E-state index is 5.90. The average molecular weight is 447 g/mol. The van der Waals surface area contributed by atoms with Gasteiger partial charge in [0.1, 0.15) is 11.3 Å². The number of halogens is 1. The van der Waals surface area contributed by atoms with Crippen LogP contribution in [0.25, 0.3) is 11.0 Å². The van der Waals surface area contributed by atoms with Crippen molar-refractivity contribution < 1.29 is 4.74 Å². The zero-order valence-electron chi connectivity index (χ0n) is 18.1. The first kappa shape index (κ1) is 22.9. The number of hydrogen-bond acceptors (Lipinski definition) is 8. The highest BCUT2D eigenvalue weighted by Crippen LogP contribution is 2.27. The van der Waals surface area contributed by atoms with E-state index >= 15 is 0 Å². The maximum Gasteiger partial charge on any atom is 0.222 e. The van der Waals surface area contributed by atoms with Gasteiger partial charge in [0, 0.05) is 50.0 Å². The van der Waals surface area contributed by atoms with E-state index in [0.29, 0.717) is 12.4 Å². The molecule has 9 nitrogen and oxygen atoms in total. The number of fused-ring (bicyclic) bond motifs is 1. The zero-order chi connectivity index (χ0) is 20.9. The summed E-state index contributed by atoms with van der Waals surface area (Å²) in [5.41, 5.74) is 9.61. The number of piperazine rings is 1. The lowest BCUT2D eigenvalue weighted by molar-refractivity contribution is 0.407. The van der Waals surface area contributed by atoms with Gasteiger partial charge in [-0.15, -0.1) is 12.4 Å². The summed E-state index contributed by atoms with van der Waals surface area (Å²) < 4.78 is 7.55. The van der Waals surface area contributed by atoms with Gasteiger partial charge in [-0.1, -0.05) is 19.4 Å². The van der Waals surface area contributed by atoms with Crippen molar-refractivity contribution in [3.8, 4) is 5.75 Å². The topological polar surface area (TPSA) is 106 Å². The van der Waals surface area contributed by atoms with Crippen LogP contribution in [-0.2, 0) is 6.54 Å². The van der Waals surface area contributed by atoms with Gasteiger partial charge in [0.25, 0.3) is 0 Å². The first-order valence-electron chi connectivity index (χ1n) is 10.5. The molecule has 1 saturated heterocycles. The standard InChI is InChI=1S/C21H30N8O.ClH/c1-3-4-7-24-20-19-17(25-21(22)26-20)14-29(27-19)13-15-5-6-16(12-18(15)30-2)28-10-8-23-9-11-28;/h5-6,12,14,23H,3-4,7-11,13H2,1-2H3,(H3,22,24,25,26);1H. The van der Waals surface area contributed by atoms with E-state index in [1.54, 1.807) is 7.11 Å². The Hall–Kier alpha value is -2.78. The van der Waals surface area contributed by atoms with Crippen molar-refractivity contribution in [2.45, 2.75) is 26.3 Å². The van der Waals surface area contributed by atoms with Gasteiger partial charge in [0.15, 0.2) is 11.3 Å². The fourth-order valence-electron chi connectivity index (χ4n) is 3.72. The first-order chi connectivity index (χ1) is 14.7. The molecule has 0 radical (unpaired) electrons. The van der Waals surface area contributed by atoms with Crippen molar-refractivity contribution in [1.29, 1.82) is 0 Å². The summed E-state index contributed by atoms with van der Waals surface area (Å²) in [7, 11) is 1.71. The second-order valence-electron chi connectivity index (χ2n) is 7.50. The Bertz CT molecular complexity index is 1000. The second kappa shape index (κ2) is 10.5. The van der Waals surface area contributed by atoms with Gasteiger partial charge in [0.2, 0.25) is 5.95 Å². The van der Waals surface area contributed by atoms with Gasteiger partial charge < -0.3 is 26.0 Å². The fourth-order valence-corrected chi connectivity index (χ4v) is 3.72. The van der Waals surface area contributed by atoms with Gasteiger partial charge in [-0.05, 0) is 12.5 Å². The van der Waals surface area contributed by atoms with E-state index in [0.717, 1.165) is 67.9 Å². The summed E-state index contributed by atoms with van der Waals surface area (Å²) in [4.78, 5) is 11.1. The summed E-state index contributed by atoms with van der Waals surface area (Å²) in [5, 5.41) is 11.4. The van der Waals surface area contributed by atoms with Crippen LogP contribution in [0.3, 0.4) is 0 Å². The summed E-state index contributed by atoms with van der Waals surface area (Å²) in [6, 6.07) is 6.38. The molecular formula is C21H31ClN8O. The van der Waals surface area contributed by atoms with Crippen LogP contribution in [-0.4, -0.2) is 59.6 Å². The molecule has 1 aromatic carbocycles. The summed E-state index contributed by atoms with van der Waals surface area (Å²) in [6.45, 7) is 7.57. The highest BCUT2D eigenvalue weighted by atomic mass is 35.5. The number of ether oxygens (including phenoxy) is 1. The first-order valence-corrected chi connectivity index (χ1v) is 10.5. The summed E-state index contributed by atoms with van der Waals surface area (Å²) in [5.74, 6) is 1.79. The smallest absolute Gasteiger partial charge is 0.222 e. The monoisotopic (exact) mass is 446 g/mol. The molecule has 4 rings (SSSR count). The molecule has 1 aliphatic heterocycles. The molecule has 10 heteroatoms. The van der Waals surface area contributed by atoms with Crippen molar-refractivity contribution in [3.05, 3.63) is 30.0 Å². The Morgan fingerprint density at radius 1 is 1.23 bits per heavy atom. The fraction of sp³-hybridized carbons (Fsp3) is 0.476. The number of benzene rings is 1. The molecule has 0 spiro atoms. The van der Waals surface area contributed by atoms with Crippen LogP contribution in [0.5, 0.6) is 5.75 Å². The van der Waals surface area contributed by atoms with E-state index in [4.69, 9.17) is 15.6 Å². The molecule has 0 amide bonds. The minimum Gasteiger partial charge on any atom is -0.496 e. The number of nitrogen functional groups attached to an aromatic ring is 1. The van der Waals surface area contributed by atoms with Crippen molar-refractivity contribution in [2.24, 2.45) is 0 Å². The lowest BCUT2D eigenvalue weighted by Crippen LogP contribution is -2.43. The molecule has 0 saturated carbocycles. The van der Waals surface area contributed by atoms with Crippen LogP contribution >= 0.6 is 12.4 Å². The molecule has 0 bridgehead atoms. The Morgan fingerprint density at radius 2 is 2.03 bits per heavy atom. The normalized spacial score (nSPS) is 13.8. The summed E-state index contributed by atoms with van der Waals surface area (Å²) >= 11 is 0. The van der Waals surface area contributed by atoms with Gasteiger partial charge in [-0.3, -0.25) is 4.68 Å². The molecule has 168 valence electrons.